The van der Waals surface area contributed by atoms with Crippen molar-refractivity contribution < 1.29 is 19.0 Å². The molecule has 0 saturated carbocycles. The van der Waals surface area contributed by atoms with Gasteiger partial charge in [-0.25, -0.2) is 4.98 Å². The summed E-state index contributed by atoms with van der Waals surface area (Å²) in [6, 6.07) is 11.6. The van der Waals surface area contributed by atoms with Crippen LogP contribution in [0.4, 0.5) is 5.13 Å². The van der Waals surface area contributed by atoms with Crippen LogP contribution in [0.1, 0.15) is 23.7 Å². The summed E-state index contributed by atoms with van der Waals surface area (Å²) in [5.41, 5.74) is 1.37. The molecule has 7 nitrogen and oxygen atoms in total. The Morgan fingerprint density at radius 1 is 1.12 bits per heavy atom. The highest BCUT2D eigenvalue weighted by Gasteiger charge is 2.24. The van der Waals surface area contributed by atoms with E-state index in [4.69, 9.17) is 19.2 Å². The number of hydrogen-bond acceptors (Lipinski definition) is 8. The Kier molecular flexibility index (Phi) is 8.66. The molecular formula is C25H31N3O4S2. The summed E-state index contributed by atoms with van der Waals surface area (Å²) in [4.78, 5) is 23.8. The Bertz CT molecular complexity index is 1060. The third-order valence-corrected chi connectivity index (χ3v) is 7.73. The smallest absolute Gasteiger partial charge is 0.260 e. The van der Waals surface area contributed by atoms with Gasteiger partial charge in [-0.15, -0.1) is 11.8 Å². The average molecular weight is 502 g/mol. The molecule has 4 rings (SSSR count). The maximum absolute atomic E-state index is 13.7. The fourth-order valence-electron chi connectivity index (χ4n) is 3.97. The Hall–Kier alpha value is -2.33. The summed E-state index contributed by atoms with van der Waals surface area (Å²) in [6.45, 7) is 7.00. The van der Waals surface area contributed by atoms with Crippen LogP contribution in [0.25, 0.3) is 10.2 Å². The molecule has 34 heavy (non-hydrogen) atoms. The minimum absolute atomic E-state index is 0.0491. The second-order valence-corrected chi connectivity index (χ2v) is 10.2. The quantitative estimate of drug-likeness (QED) is 0.370. The van der Waals surface area contributed by atoms with Gasteiger partial charge >= 0.3 is 0 Å². The van der Waals surface area contributed by atoms with Crippen molar-refractivity contribution in [1.82, 2.24) is 9.88 Å². The normalized spacial score (nSPS) is 14.3. The number of hydrogen-bond donors (Lipinski definition) is 0. The van der Waals surface area contributed by atoms with Gasteiger partial charge in [0.1, 0.15) is 21.7 Å². The van der Waals surface area contributed by atoms with Crippen molar-refractivity contribution in [3.05, 3.63) is 42.0 Å². The number of morpholine rings is 1. The first-order valence-corrected chi connectivity index (χ1v) is 13.3. The summed E-state index contributed by atoms with van der Waals surface area (Å²) in [7, 11) is 3.27. The number of rotatable bonds is 10. The van der Waals surface area contributed by atoms with Crippen LogP contribution in [0, 0.1) is 0 Å². The minimum atomic E-state index is -0.0491. The Labute approximate surface area is 209 Å². The fourth-order valence-corrected chi connectivity index (χ4v) is 5.73. The van der Waals surface area contributed by atoms with Gasteiger partial charge in [-0.1, -0.05) is 18.3 Å². The highest BCUT2D eigenvalue weighted by Crippen LogP contribution is 2.40. The monoisotopic (exact) mass is 501 g/mol. The lowest BCUT2D eigenvalue weighted by molar-refractivity contribution is 0.0376. The van der Waals surface area contributed by atoms with Crippen LogP contribution >= 0.6 is 23.1 Å². The predicted octanol–water partition coefficient (Wildman–Crippen LogP) is 4.79. The number of anilines is 1. The molecule has 2 aromatic carbocycles. The molecule has 0 unspecified atom stereocenters. The molecule has 0 radical (unpaired) electrons. The van der Waals surface area contributed by atoms with E-state index in [0.29, 0.717) is 28.5 Å². The zero-order valence-electron chi connectivity index (χ0n) is 19.9. The highest BCUT2D eigenvalue weighted by molar-refractivity contribution is 7.99. The standard InChI is InChI=1S/C25H31N3O4S2/c1-4-33-19-8-6-18(7-9-19)24(29)28(13-5-12-27-14-16-32-17-15-27)25-26-22-20(30-2)10-11-21(31-3)23(22)34-25/h6-11H,4-5,12-17H2,1-3H3. The molecule has 182 valence electrons. The van der Waals surface area contributed by atoms with Crippen LogP contribution in [0.2, 0.25) is 0 Å². The molecular weight excluding hydrogens is 470 g/mol. The lowest BCUT2D eigenvalue weighted by Gasteiger charge is -2.27. The lowest BCUT2D eigenvalue weighted by Crippen LogP contribution is -2.39. The lowest BCUT2D eigenvalue weighted by atomic mass is 10.2. The number of fused-ring (bicyclic) bond motifs is 1. The number of thioether (sulfide) groups is 1. The molecule has 1 amide bonds. The second-order valence-electron chi connectivity index (χ2n) is 7.87. The topological polar surface area (TPSA) is 64.1 Å². The van der Waals surface area contributed by atoms with Gasteiger partial charge in [0.15, 0.2) is 5.13 Å². The number of thiazole rings is 1. The van der Waals surface area contributed by atoms with Gasteiger partial charge in [0, 0.05) is 36.6 Å². The second kappa shape index (κ2) is 11.9. The van der Waals surface area contributed by atoms with Crippen molar-refractivity contribution in [2.75, 3.05) is 64.3 Å². The summed E-state index contributed by atoms with van der Waals surface area (Å²) in [5.74, 6) is 2.34. The van der Waals surface area contributed by atoms with Crippen molar-refractivity contribution >= 4 is 44.4 Å². The van der Waals surface area contributed by atoms with E-state index < -0.39 is 0 Å². The van der Waals surface area contributed by atoms with Gasteiger partial charge in [-0.2, -0.15) is 0 Å². The van der Waals surface area contributed by atoms with Crippen LogP contribution in [-0.4, -0.2) is 75.2 Å². The minimum Gasteiger partial charge on any atom is -0.495 e. The van der Waals surface area contributed by atoms with Crippen molar-refractivity contribution in [3.63, 3.8) is 0 Å². The van der Waals surface area contributed by atoms with Crippen molar-refractivity contribution in [2.24, 2.45) is 0 Å². The van der Waals surface area contributed by atoms with Gasteiger partial charge in [0.25, 0.3) is 5.91 Å². The molecule has 3 aromatic rings. The van der Waals surface area contributed by atoms with Crippen molar-refractivity contribution in [3.8, 4) is 11.5 Å². The molecule has 0 N–H and O–H groups in total. The average Bonchev–Trinajstić information content (AvgIpc) is 3.32. The SMILES string of the molecule is CCSc1ccc(C(=O)N(CCCN2CCOCC2)c2nc3c(OC)ccc(OC)c3s2)cc1. The van der Waals surface area contributed by atoms with E-state index in [1.807, 2.05) is 36.4 Å². The number of carbonyl (C=O) groups is 1. The summed E-state index contributed by atoms with van der Waals surface area (Å²) >= 11 is 3.22. The Morgan fingerprint density at radius 2 is 1.82 bits per heavy atom. The molecule has 1 saturated heterocycles. The molecule has 0 atom stereocenters. The zero-order valence-corrected chi connectivity index (χ0v) is 21.5. The van der Waals surface area contributed by atoms with Crippen LogP contribution in [0.3, 0.4) is 0 Å². The van der Waals surface area contributed by atoms with Crippen LogP contribution in [0.5, 0.6) is 11.5 Å². The molecule has 1 aliphatic rings. The van der Waals surface area contributed by atoms with E-state index in [-0.39, 0.29) is 5.91 Å². The zero-order chi connectivity index (χ0) is 23.9. The first kappa shape index (κ1) is 24.8. The van der Waals surface area contributed by atoms with Crippen LogP contribution < -0.4 is 14.4 Å². The van der Waals surface area contributed by atoms with Crippen LogP contribution in [-0.2, 0) is 4.74 Å². The van der Waals surface area contributed by atoms with Gasteiger partial charge < -0.3 is 14.2 Å². The highest BCUT2D eigenvalue weighted by atomic mass is 32.2. The number of carbonyl (C=O) groups excluding carboxylic acids is 1. The fraction of sp³-hybridized carbons (Fsp3) is 0.440. The maximum Gasteiger partial charge on any atom is 0.260 e. The Balaban J connectivity index is 1.63. The van der Waals surface area contributed by atoms with Gasteiger partial charge in [0.05, 0.1) is 27.4 Å². The number of ether oxygens (including phenoxy) is 3. The first-order chi connectivity index (χ1) is 16.6. The van der Waals surface area contributed by atoms with Crippen LogP contribution in [0.15, 0.2) is 41.3 Å². The molecule has 0 spiro atoms. The number of amides is 1. The first-order valence-electron chi connectivity index (χ1n) is 11.5. The molecule has 0 aliphatic carbocycles. The Morgan fingerprint density at radius 3 is 2.50 bits per heavy atom. The third kappa shape index (κ3) is 5.66. The largest absolute Gasteiger partial charge is 0.495 e. The van der Waals surface area contributed by atoms with Gasteiger partial charge in [-0.3, -0.25) is 14.6 Å². The third-order valence-electron chi connectivity index (χ3n) is 5.75. The summed E-state index contributed by atoms with van der Waals surface area (Å²) in [5, 5.41) is 0.650. The van der Waals surface area contributed by atoms with E-state index in [0.717, 1.165) is 60.4 Å². The van der Waals surface area contributed by atoms with Crippen molar-refractivity contribution in [2.45, 2.75) is 18.2 Å². The molecule has 1 aliphatic heterocycles. The number of aromatic nitrogens is 1. The summed E-state index contributed by atoms with van der Waals surface area (Å²) in [6.07, 6.45) is 0.847. The predicted molar refractivity (Wildman–Crippen MR) is 139 cm³/mol. The molecule has 1 aromatic heterocycles. The van der Waals surface area contributed by atoms with E-state index >= 15 is 0 Å². The number of methoxy groups -OCH3 is 2. The molecule has 2 heterocycles. The van der Waals surface area contributed by atoms with E-state index in [1.165, 1.54) is 11.3 Å². The number of benzene rings is 2. The van der Waals surface area contributed by atoms with Gasteiger partial charge in [0.2, 0.25) is 0 Å². The van der Waals surface area contributed by atoms with Crippen molar-refractivity contribution in [1.29, 1.82) is 0 Å². The molecule has 9 heteroatoms. The van der Waals surface area contributed by atoms with Gasteiger partial charge in [-0.05, 0) is 48.6 Å². The molecule has 1 fully saturated rings. The van der Waals surface area contributed by atoms with E-state index in [2.05, 4.69) is 11.8 Å². The maximum atomic E-state index is 13.7. The molecule has 0 bridgehead atoms. The van der Waals surface area contributed by atoms with E-state index in [1.54, 1.807) is 30.9 Å². The summed E-state index contributed by atoms with van der Waals surface area (Å²) < 4.78 is 17.4. The number of nitrogens with zero attached hydrogens (tertiary/aromatic N) is 3. The van der Waals surface area contributed by atoms with E-state index in [9.17, 15) is 4.79 Å².